The summed E-state index contributed by atoms with van der Waals surface area (Å²) in [4.78, 5) is 3.69. The highest BCUT2D eigenvalue weighted by Crippen LogP contribution is 2.32. The lowest BCUT2D eigenvalue weighted by atomic mass is 9.59. The highest BCUT2D eigenvalue weighted by Gasteiger charge is 2.20. The van der Waals surface area contributed by atoms with Crippen molar-refractivity contribution in [2.75, 3.05) is 0 Å². The Morgan fingerprint density at radius 3 is 1.79 bits per heavy atom. The molecule has 1 aromatic heterocycles. The van der Waals surface area contributed by atoms with Crippen molar-refractivity contribution in [3.63, 3.8) is 0 Å². The van der Waals surface area contributed by atoms with E-state index >= 15 is 0 Å². The van der Waals surface area contributed by atoms with Crippen LogP contribution >= 0.6 is 11.6 Å². The van der Waals surface area contributed by atoms with Crippen LogP contribution in [0.4, 0.5) is 0 Å². The minimum Gasteiger partial charge on any atom is -0.355 e. The summed E-state index contributed by atoms with van der Waals surface area (Å²) in [5.41, 5.74) is 15.5. The molecule has 0 saturated carbocycles. The van der Waals surface area contributed by atoms with Gasteiger partial charge in [-0.05, 0) is 17.2 Å². The first-order valence-corrected chi connectivity index (χ1v) is 10.3. The van der Waals surface area contributed by atoms with Gasteiger partial charge < -0.3 is 4.98 Å². The molecule has 0 bridgehead atoms. The van der Waals surface area contributed by atoms with Crippen LogP contribution in [-0.2, 0) is 0 Å². The fraction of sp³-hybridized carbons (Fsp3) is 0. The summed E-state index contributed by atoms with van der Waals surface area (Å²) < 4.78 is 0. The SMILES string of the molecule is Bc1c(B)c(B)c(-c2cccc3[nH]c4c(B)c(B)c(Cl)c(B)c4c23)c(B)c1B. The van der Waals surface area contributed by atoms with Crippen molar-refractivity contribution < 1.29 is 0 Å². The molecule has 28 heavy (non-hydrogen) atoms. The Hall–Kier alpha value is -1.73. The van der Waals surface area contributed by atoms with Gasteiger partial charge in [0.1, 0.15) is 62.8 Å². The topological polar surface area (TPSA) is 15.8 Å². The fourth-order valence-electron chi connectivity index (χ4n) is 4.76. The summed E-state index contributed by atoms with van der Waals surface area (Å²) >= 11 is 6.74. The van der Waals surface area contributed by atoms with Gasteiger partial charge in [-0.25, -0.2) is 0 Å². The lowest BCUT2D eigenvalue weighted by Gasteiger charge is -2.21. The van der Waals surface area contributed by atoms with Gasteiger partial charge in [0, 0.05) is 26.8 Å². The highest BCUT2D eigenvalue weighted by molar-refractivity contribution is 6.69. The van der Waals surface area contributed by atoms with Crippen LogP contribution in [0.25, 0.3) is 32.9 Å². The average molecular weight is 372 g/mol. The van der Waals surface area contributed by atoms with Crippen molar-refractivity contribution in [1.29, 1.82) is 0 Å². The number of rotatable bonds is 1. The molecule has 3 aromatic carbocycles. The molecular formula is C18H20B8ClN. The molecule has 1 nitrogen and oxygen atoms in total. The molecule has 0 unspecified atom stereocenters. The van der Waals surface area contributed by atoms with Crippen LogP contribution in [0.5, 0.6) is 0 Å². The molecule has 4 aromatic rings. The zero-order valence-corrected chi connectivity index (χ0v) is 18.9. The van der Waals surface area contributed by atoms with Crippen molar-refractivity contribution in [2.24, 2.45) is 0 Å². The first kappa shape index (κ1) is 19.6. The van der Waals surface area contributed by atoms with E-state index in [9.17, 15) is 0 Å². The average Bonchev–Trinajstić information content (AvgIpc) is 3.08. The Balaban J connectivity index is 2.26. The maximum Gasteiger partial charge on any atom is 0.142 e. The van der Waals surface area contributed by atoms with Crippen molar-refractivity contribution >= 4 is 140 Å². The van der Waals surface area contributed by atoms with Gasteiger partial charge in [-0.3, -0.25) is 0 Å². The predicted octanol–water partition coefficient (Wildman–Crippen LogP) is -8.29. The number of benzene rings is 3. The largest absolute Gasteiger partial charge is 0.355 e. The number of aromatic amines is 1. The minimum atomic E-state index is 0.880. The number of nitrogens with one attached hydrogen (secondary N) is 1. The molecule has 0 amide bonds. The van der Waals surface area contributed by atoms with Crippen LogP contribution in [0.3, 0.4) is 0 Å². The Kier molecular flexibility index (Phi) is 4.66. The molecule has 1 N–H and O–H groups in total. The molecule has 0 aliphatic rings. The summed E-state index contributed by atoms with van der Waals surface area (Å²) in [7, 11) is 17.6. The van der Waals surface area contributed by atoms with E-state index in [1.54, 1.807) is 0 Å². The summed E-state index contributed by atoms with van der Waals surface area (Å²) in [6, 6.07) is 6.61. The Labute approximate surface area is 179 Å². The molecule has 0 atom stereocenters. The minimum absolute atomic E-state index is 0.880. The molecule has 128 valence electrons. The molecule has 1 heterocycles. The molecule has 0 fully saturated rings. The monoisotopic (exact) mass is 373 g/mol. The van der Waals surface area contributed by atoms with E-state index in [1.807, 2.05) is 0 Å². The van der Waals surface area contributed by atoms with Gasteiger partial charge in [-0.15, -0.1) is 16.4 Å². The smallest absolute Gasteiger partial charge is 0.142 e. The van der Waals surface area contributed by atoms with Crippen molar-refractivity contribution in [1.82, 2.24) is 4.98 Å². The van der Waals surface area contributed by atoms with Crippen molar-refractivity contribution in [3.05, 3.63) is 23.2 Å². The van der Waals surface area contributed by atoms with Crippen LogP contribution in [0.2, 0.25) is 5.02 Å². The van der Waals surface area contributed by atoms with Crippen LogP contribution in [0.1, 0.15) is 0 Å². The van der Waals surface area contributed by atoms with Gasteiger partial charge in [0.15, 0.2) is 0 Å². The van der Waals surface area contributed by atoms with E-state index in [1.165, 1.54) is 65.7 Å². The zero-order chi connectivity index (χ0) is 20.5. The van der Waals surface area contributed by atoms with Crippen molar-refractivity contribution in [3.8, 4) is 11.1 Å². The first-order valence-electron chi connectivity index (χ1n) is 9.93. The predicted molar refractivity (Wildman–Crippen MR) is 152 cm³/mol. The molecule has 0 saturated heterocycles. The Morgan fingerprint density at radius 2 is 1.18 bits per heavy atom. The lowest BCUT2D eigenvalue weighted by Crippen LogP contribution is -2.55. The first-order chi connectivity index (χ1) is 13.2. The van der Waals surface area contributed by atoms with Crippen LogP contribution in [-0.4, -0.2) is 67.8 Å². The van der Waals surface area contributed by atoms with Crippen LogP contribution in [0, 0.1) is 0 Å². The second-order valence-electron chi connectivity index (χ2n) is 8.29. The van der Waals surface area contributed by atoms with Gasteiger partial charge in [0.05, 0.1) is 0 Å². The highest BCUT2D eigenvalue weighted by atomic mass is 35.5. The summed E-state index contributed by atoms with van der Waals surface area (Å²) in [6.45, 7) is 0. The molecular weight excluding hydrogens is 352 g/mol. The summed E-state index contributed by atoms with van der Waals surface area (Å²) in [5, 5.41) is 3.42. The molecule has 0 aliphatic heterocycles. The summed E-state index contributed by atoms with van der Waals surface area (Å²) in [6.07, 6.45) is 0. The Bertz CT molecular complexity index is 1280. The lowest BCUT2D eigenvalue weighted by molar-refractivity contribution is 1.56. The van der Waals surface area contributed by atoms with E-state index < -0.39 is 0 Å². The van der Waals surface area contributed by atoms with Gasteiger partial charge in [0.25, 0.3) is 0 Å². The van der Waals surface area contributed by atoms with E-state index in [4.69, 9.17) is 11.6 Å². The molecule has 4 rings (SSSR count). The van der Waals surface area contributed by atoms with E-state index in [0.717, 1.165) is 15.9 Å². The number of aromatic nitrogens is 1. The normalized spacial score (nSPS) is 11.5. The quantitative estimate of drug-likeness (QED) is 0.320. The second-order valence-corrected chi connectivity index (χ2v) is 8.67. The van der Waals surface area contributed by atoms with Crippen LogP contribution in [0.15, 0.2) is 18.2 Å². The standard InChI is InChI=1S/C18H20B8ClN/c19-9-7(10(20)13(23)14(24)12(9)22)4-2-1-3-5-6(4)8-11(21)17(27)15(25)16(26)18(8)28-5/h1-3,28H,19-26H2. The maximum atomic E-state index is 6.74. The van der Waals surface area contributed by atoms with Crippen molar-refractivity contribution in [2.45, 2.75) is 0 Å². The van der Waals surface area contributed by atoms with Gasteiger partial charge in [-0.2, -0.15) is 0 Å². The third-order valence-corrected chi connectivity index (χ3v) is 7.63. The number of hydrogen-bond acceptors (Lipinski definition) is 0. The van der Waals surface area contributed by atoms with E-state index in [0.29, 0.717) is 0 Å². The molecule has 10 heteroatoms. The van der Waals surface area contributed by atoms with E-state index in [-0.39, 0.29) is 0 Å². The van der Waals surface area contributed by atoms with Crippen LogP contribution < -0.4 is 43.7 Å². The van der Waals surface area contributed by atoms with E-state index in [2.05, 4.69) is 86.0 Å². The molecule has 0 spiro atoms. The number of fused-ring (bicyclic) bond motifs is 3. The summed E-state index contributed by atoms with van der Waals surface area (Å²) in [5.74, 6) is 0. The van der Waals surface area contributed by atoms with Gasteiger partial charge in [0.2, 0.25) is 0 Å². The molecule has 0 radical (unpaired) electrons. The van der Waals surface area contributed by atoms with Gasteiger partial charge >= 0.3 is 0 Å². The zero-order valence-electron chi connectivity index (χ0n) is 18.1. The third-order valence-electron chi connectivity index (χ3n) is 7.06. The number of halogens is 1. The molecule has 0 aliphatic carbocycles. The third kappa shape index (κ3) is 2.52. The number of H-pyrrole nitrogens is 1. The second kappa shape index (κ2) is 6.66. The number of hydrogen-bond donors (Lipinski definition) is 1. The maximum absolute atomic E-state index is 6.74. The fourth-order valence-corrected chi connectivity index (χ4v) is 5.00. The Morgan fingerprint density at radius 1 is 0.607 bits per heavy atom. The van der Waals surface area contributed by atoms with Gasteiger partial charge in [-0.1, -0.05) is 51.0 Å².